The average molecular weight is 306 g/mol. The zero-order valence-corrected chi connectivity index (χ0v) is 12.8. The topological polar surface area (TPSA) is 61.5 Å². The van der Waals surface area contributed by atoms with Crippen LogP contribution in [0.4, 0.5) is 5.69 Å². The zero-order valence-electron chi connectivity index (χ0n) is 12.1. The van der Waals surface area contributed by atoms with Crippen LogP contribution >= 0.6 is 11.6 Å². The van der Waals surface area contributed by atoms with Crippen LogP contribution in [0.5, 0.6) is 11.5 Å². The van der Waals surface area contributed by atoms with E-state index >= 15 is 0 Å². The summed E-state index contributed by atoms with van der Waals surface area (Å²) in [5, 5.41) is 0.707. The Balaban J connectivity index is 2.37. The molecule has 2 aromatic rings. The van der Waals surface area contributed by atoms with Gasteiger partial charge < -0.3 is 15.2 Å². The second-order valence-corrected chi connectivity index (χ2v) is 5.10. The van der Waals surface area contributed by atoms with Gasteiger partial charge in [0.05, 0.1) is 18.4 Å². The number of carbonyl (C=O) groups is 1. The zero-order chi connectivity index (χ0) is 15.6. The maximum Gasteiger partial charge on any atom is 0.337 e. The lowest BCUT2D eigenvalue weighted by Gasteiger charge is -2.12. The van der Waals surface area contributed by atoms with Crippen molar-refractivity contribution in [2.24, 2.45) is 0 Å². The van der Waals surface area contributed by atoms with Gasteiger partial charge in [-0.05, 0) is 55.3 Å². The number of hydrogen-bond donors (Lipinski definition) is 1. The van der Waals surface area contributed by atoms with Crippen molar-refractivity contribution < 1.29 is 14.3 Å². The van der Waals surface area contributed by atoms with Crippen LogP contribution in [0.3, 0.4) is 0 Å². The van der Waals surface area contributed by atoms with Crippen molar-refractivity contribution in [1.82, 2.24) is 0 Å². The van der Waals surface area contributed by atoms with Gasteiger partial charge >= 0.3 is 5.97 Å². The lowest BCUT2D eigenvalue weighted by atomic mass is 10.1. The molecule has 0 saturated heterocycles. The van der Waals surface area contributed by atoms with Crippen molar-refractivity contribution in [2.75, 3.05) is 12.8 Å². The number of rotatable bonds is 3. The third kappa shape index (κ3) is 3.28. The lowest BCUT2D eigenvalue weighted by molar-refractivity contribution is 0.0600. The summed E-state index contributed by atoms with van der Waals surface area (Å²) in [6, 6.07) is 8.39. The first-order chi connectivity index (χ1) is 9.92. The summed E-state index contributed by atoms with van der Waals surface area (Å²) >= 11 is 6.13. The third-order valence-electron chi connectivity index (χ3n) is 3.07. The SMILES string of the molecule is COC(=O)c1ccc(N)c(Oc2cc(C)c(Cl)c(C)c2)c1. The summed E-state index contributed by atoms with van der Waals surface area (Å²) in [5.41, 5.74) is 8.52. The maximum atomic E-state index is 11.5. The Morgan fingerprint density at radius 1 is 1.14 bits per heavy atom. The van der Waals surface area contributed by atoms with Gasteiger partial charge in [-0.3, -0.25) is 0 Å². The fraction of sp³-hybridized carbons (Fsp3) is 0.188. The van der Waals surface area contributed by atoms with Gasteiger partial charge in [0.15, 0.2) is 5.75 Å². The summed E-state index contributed by atoms with van der Waals surface area (Å²) in [6.45, 7) is 3.80. The van der Waals surface area contributed by atoms with E-state index in [4.69, 9.17) is 22.1 Å². The summed E-state index contributed by atoms with van der Waals surface area (Å²) < 4.78 is 10.5. The third-order valence-corrected chi connectivity index (χ3v) is 3.67. The van der Waals surface area contributed by atoms with E-state index < -0.39 is 5.97 Å². The van der Waals surface area contributed by atoms with Crippen molar-refractivity contribution in [3.63, 3.8) is 0 Å². The number of nitrogens with two attached hydrogens (primary N) is 1. The van der Waals surface area contributed by atoms with Crippen LogP contribution in [-0.4, -0.2) is 13.1 Å². The van der Waals surface area contributed by atoms with E-state index in [9.17, 15) is 4.79 Å². The van der Waals surface area contributed by atoms with Gasteiger partial charge in [0.1, 0.15) is 5.75 Å². The first kappa shape index (κ1) is 15.2. The highest BCUT2D eigenvalue weighted by Crippen LogP contribution is 2.32. The molecule has 0 aliphatic rings. The number of hydrogen-bond acceptors (Lipinski definition) is 4. The highest BCUT2D eigenvalue weighted by Gasteiger charge is 2.11. The van der Waals surface area contributed by atoms with Crippen molar-refractivity contribution in [3.8, 4) is 11.5 Å². The Kier molecular flexibility index (Phi) is 4.38. The first-order valence-corrected chi connectivity index (χ1v) is 6.72. The van der Waals surface area contributed by atoms with Crippen LogP contribution in [0.2, 0.25) is 5.02 Å². The number of methoxy groups -OCH3 is 1. The van der Waals surface area contributed by atoms with E-state index in [1.165, 1.54) is 7.11 Å². The fourth-order valence-electron chi connectivity index (χ4n) is 1.96. The summed E-state index contributed by atoms with van der Waals surface area (Å²) in [4.78, 5) is 11.5. The van der Waals surface area contributed by atoms with Gasteiger partial charge in [0.25, 0.3) is 0 Å². The molecule has 0 spiro atoms. The van der Waals surface area contributed by atoms with Gasteiger partial charge in [0, 0.05) is 5.02 Å². The number of nitrogen functional groups attached to an aromatic ring is 1. The molecule has 5 heteroatoms. The quantitative estimate of drug-likeness (QED) is 0.684. The molecule has 0 heterocycles. The standard InChI is InChI=1S/C16H16ClNO3/c1-9-6-12(7-10(2)15(9)17)21-14-8-11(16(19)20-3)4-5-13(14)18/h4-8H,18H2,1-3H3. The molecule has 0 aliphatic carbocycles. The molecule has 0 unspecified atom stereocenters. The monoisotopic (exact) mass is 305 g/mol. The molecule has 4 nitrogen and oxygen atoms in total. The second kappa shape index (κ2) is 6.06. The summed E-state index contributed by atoms with van der Waals surface area (Å²) in [7, 11) is 1.32. The molecule has 0 aliphatic heterocycles. The van der Waals surface area contributed by atoms with E-state index in [1.807, 2.05) is 26.0 Å². The Morgan fingerprint density at radius 3 is 2.33 bits per heavy atom. The molecule has 0 aromatic heterocycles. The number of ether oxygens (including phenoxy) is 2. The Morgan fingerprint density at radius 2 is 1.76 bits per heavy atom. The molecular formula is C16H16ClNO3. The summed E-state index contributed by atoms with van der Waals surface area (Å²) in [6.07, 6.45) is 0. The van der Waals surface area contributed by atoms with Gasteiger partial charge in [0.2, 0.25) is 0 Å². The van der Waals surface area contributed by atoms with Crippen LogP contribution in [0.15, 0.2) is 30.3 Å². The molecule has 0 bridgehead atoms. The Hall–Kier alpha value is -2.20. The number of benzene rings is 2. The van der Waals surface area contributed by atoms with E-state index in [2.05, 4.69) is 4.74 Å². The van der Waals surface area contributed by atoms with Gasteiger partial charge in [-0.25, -0.2) is 4.79 Å². The highest BCUT2D eigenvalue weighted by molar-refractivity contribution is 6.32. The van der Waals surface area contributed by atoms with Gasteiger partial charge in [-0.2, -0.15) is 0 Å². The molecule has 110 valence electrons. The molecule has 2 rings (SSSR count). The van der Waals surface area contributed by atoms with Crippen molar-refractivity contribution >= 4 is 23.3 Å². The van der Waals surface area contributed by atoms with E-state index in [0.717, 1.165) is 11.1 Å². The van der Waals surface area contributed by atoms with Crippen LogP contribution in [0.1, 0.15) is 21.5 Å². The molecule has 0 amide bonds. The minimum atomic E-state index is -0.441. The maximum absolute atomic E-state index is 11.5. The smallest absolute Gasteiger partial charge is 0.337 e. The number of anilines is 1. The van der Waals surface area contributed by atoms with E-state index in [-0.39, 0.29) is 0 Å². The van der Waals surface area contributed by atoms with Gasteiger partial charge in [-0.15, -0.1) is 0 Å². The van der Waals surface area contributed by atoms with E-state index in [1.54, 1.807) is 18.2 Å². The molecule has 0 saturated carbocycles. The molecule has 2 aromatic carbocycles. The normalized spacial score (nSPS) is 10.3. The van der Waals surface area contributed by atoms with Crippen molar-refractivity contribution in [2.45, 2.75) is 13.8 Å². The minimum Gasteiger partial charge on any atom is -0.465 e. The Labute approximate surface area is 128 Å². The minimum absolute atomic E-state index is 0.379. The molecule has 2 N–H and O–H groups in total. The average Bonchev–Trinajstić information content (AvgIpc) is 2.46. The van der Waals surface area contributed by atoms with Crippen LogP contribution in [0, 0.1) is 13.8 Å². The highest BCUT2D eigenvalue weighted by atomic mass is 35.5. The molecular weight excluding hydrogens is 290 g/mol. The number of halogens is 1. The van der Waals surface area contributed by atoms with E-state index in [0.29, 0.717) is 27.8 Å². The van der Waals surface area contributed by atoms with Crippen LogP contribution in [-0.2, 0) is 4.74 Å². The van der Waals surface area contributed by atoms with Crippen molar-refractivity contribution in [1.29, 1.82) is 0 Å². The van der Waals surface area contributed by atoms with Crippen molar-refractivity contribution in [3.05, 3.63) is 52.0 Å². The largest absolute Gasteiger partial charge is 0.465 e. The molecule has 21 heavy (non-hydrogen) atoms. The predicted molar refractivity (Wildman–Crippen MR) is 83.2 cm³/mol. The molecule has 0 fully saturated rings. The first-order valence-electron chi connectivity index (χ1n) is 6.35. The molecule has 0 radical (unpaired) electrons. The summed E-state index contributed by atoms with van der Waals surface area (Å²) in [5.74, 6) is 0.574. The Bertz CT molecular complexity index is 675. The fourth-order valence-corrected chi connectivity index (χ4v) is 2.07. The number of carbonyl (C=O) groups excluding carboxylic acids is 1. The second-order valence-electron chi connectivity index (χ2n) is 4.72. The van der Waals surface area contributed by atoms with Gasteiger partial charge in [-0.1, -0.05) is 11.6 Å². The lowest BCUT2D eigenvalue weighted by Crippen LogP contribution is -2.02. The van der Waals surface area contributed by atoms with Crippen LogP contribution < -0.4 is 10.5 Å². The van der Waals surface area contributed by atoms with Crippen LogP contribution in [0.25, 0.3) is 0 Å². The molecule has 0 atom stereocenters. The predicted octanol–water partition coefficient (Wildman–Crippen LogP) is 4.12. The number of esters is 1. The number of aryl methyl sites for hydroxylation is 2.